The van der Waals surface area contributed by atoms with E-state index in [1.165, 1.54) is 32.1 Å². The largest absolute Gasteiger partial charge is 0.497 e. The van der Waals surface area contributed by atoms with Crippen LogP contribution < -0.4 is 14.8 Å². The molecule has 0 bridgehead atoms. The van der Waals surface area contributed by atoms with Crippen LogP contribution in [0, 0.1) is 5.92 Å². The van der Waals surface area contributed by atoms with Crippen molar-refractivity contribution in [2.75, 3.05) is 19.0 Å². The standard InChI is InChI=1S/C21H26N2O3/c1-25-18-10-5-9-17(13-18)14-20(24)23-21-19(11-6-12-22-21)26-15-16-7-3-2-4-8-16/h5-6,9-13,16H,2-4,7-8,14-15H2,1H3,(H,22,23,24). The molecule has 0 unspecified atom stereocenters. The second-order valence-corrected chi connectivity index (χ2v) is 6.74. The first-order valence-corrected chi connectivity index (χ1v) is 9.25. The van der Waals surface area contributed by atoms with Crippen molar-refractivity contribution in [1.82, 2.24) is 4.98 Å². The predicted molar refractivity (Wildman–Crippen MR) is 102 cm³/mol. The molecule has 0 radical (unpaired) electrons. The van der Waals surface area contributed by atoms with Gasteiger partial charge in [0.05, 0.1) is 20.1 Å². The number of carbonyl (C=O) groups is 1. The summed E-state index contributed by atoms with van der Waals surface area (Å²) in [6.07, 6.45) is 8.26. The Morgan fingerprint density at radius 1 is 1.19 bits per heavy atom. The number of hydrogen-bond donors (Lipinski definition) is 1. The topological polar surface area (TPSA) is 60.5 Å². The molecule has 138 valence electrons. The maximum Gasteiger partial charge on any atom is 0.230 e. The Balaban J connectivity index is 1.58. The maximum atomic E-state index is 12.4. The molecule has 1 aliphatic carbocycles. The molecule has 2 aromatic rings. The highest BCUT2D eigenvalue weighted by molar-refractivity contribution is 5.92. The number of amides is 1. The van der Waals surface area contributed by atoms with Gasteiger partial charge in [-0.3, -0.25) is 4.79 Å². The molecule has 1 N–H and O–H groups in total. The number of benzene rings is 1. The lowest BCUT2D eigenvalue weighted by atomic mass is 9.90. The van der Waals surface area contributed by atoms with Crippen molar-refractivity contribution in [3.05, 3.63) is 48.2 Å². The average molecular weight is 354 g/mol. The highest BCUT2D eigenvalue weighted by atomic mass is 16.5. The quantitative estimate of drug-likeness (QED) is 0.808. The van der Waals surface area contributed by atoms with Gasteiger partial charge in [0.15, 0.2) is 11.6 Å². The Labute approximate surface area is 154 Å². The molecule has 3 rings (SSSR count). The van der Waals surface area contributed by atoms with Crippen LogP contribution in [0.15, 0.2) is 42.6 Å². The molecule has 5 nitrogen and oxygen atoms in total. The second kappa shape index (κ2) is 9.22. The van der Waals surface area contributed by atoms with Crippen molar-refractivity contribution in [2.45, 2.75) is 38.5 Å². The monoisotopic (exact) mass is 354 g/mol. The van der Waals surface area contributed by atoms with Gasteiger partial charge in [0.25, 0.3) is 0 Å². The van der Waals surface area contributed by atoms with E-state index in [-0.39, 0.29) is 12.3 Å². The van der Waals surface area contributed by atoms with E-state index in [4.69, 9.17) is 9.47 Å². The van der Waals surface area contributed by atoms with Crippen LogP contribution in [0.4, 0.5) is 5.82 Å². The smallest absolute Gasteiger partial charge is 0.230 e. The van der Waals surface area contributed by atoms with Gasteiger partial charge in [0.2, 0.25) is 5.91 Å². The number of anilines is 1. The van der Waals surface area contributed by atoms with E-state index >= 15 is 0 Å². The highest BCUT2D eigenvalue weighted by Crippen LogP contribution is 2.27. The van der Waals surface area contributed by atoms with Crippen molar-refractivity contribution in [2.24, 2.45) is 5.92 Å². The fourth-order valence-corrected chi connectivity index (χ4v) is 3.31. The summed E-state index contributed by atoms with van der Waals surface area (Å²) in [5.41, 5.74) is 0.891. The van der Waals surface area contributed by atoms with Gasteiger partial charge in [-0.1, -0.05) is 31.4 Å². The van der Waals surface area contributed by atoms with Gasteiger partial charge in [-0.2, -0.15) is 0 Å². The van der Waals surface area contributed by atoms with E-state index in [1.807, 2.05) is 36.4 Å². The summed E-state index contributed by atoms with van der Waals surface area (Å²) in [7, 11) is 1.61. The molecule has 1 aromatic heterocycles. The van der Waals surface area contributed by atoms with Crippen LogP contribution >= 0.6 is 0 Å². The minimum Gasteiger partial charge on any atom is -0.497 e. The average Bonchev–Trinajstić information content (AvgIpc) is 2.68. The number of rotatable bonds is 7. The predicted octanol–water partition coefficient (Wildman–Crippen LogP) is 4.23. The Bertz CT molecular complexity index is 727. The van der Waals surface area contributed by atoms with Gasteiger partial charge in [0.1, 0.15) is 5.75 Å². The molecule has 26 heavy (non-hydrogen) atoms. The summed E-state index contributed by atoms with van der Waals surface area (Å²) >= 11 is 0. The molecule has 1 fully saturated rings. The van der Waals surface area contributed by atoms with Crippen LogP contribution in [0.1, 0.15) is 37.7 Å². The fraction of sp³-hybridized carbons (Fsp3) is 0.429. The highest BCUT2D eigenvalue weighted by Gasteiger charge is 2.16. The van der Waals surface area contributed by atoms with E-state index in [1.54, 1.807) is 13.3 Å². The number of carbonyl (C=O) groups excluding carboxylic acids is 1. The molecule has 0 aliphatic heterocycles. The van der Waals surface area contributed by atoms with E-state index in [2.05, 4.69) is 10.3 Å². The zero-order valence-electron chi connectivity index (χ0n) is 15.2. The number of ether oxygens (including phenoxy) is 2. The summed E-state index contributed by atoms with van der Waals surface area (Å²) in [4.78, 5) is 16.7. The summed E-state index contributed by atoms with van der Waals surface area (Å²) in [6.45, 7) is 0.685. The van der Waals surface area contributed by atoms with E-state index in [0.29, 0.717) is 24.1 Å². The lowest BCUT2D eigenvalue weighted by Gasteiger charge is -2.22. The van der Waals surface area contributed by atoms with Gasteiger partial charge in [-0.25, -0.2) is 4.98 Å². The van der Waals surface area contributed by atoms with Gasteiger partial charge in [-0.15, -0.1) is 0 Å². The Hall–Kier alpha value is -2.56. The molecule has 0 spiro atoms. The number of pyridine rings is 1. The van der Waals surface area contributed by atoms with Crippen LogP contribution in [-0.2, 0) is 11.2 Å². The van der Waals surface area contributed by atoms with Crippen LogP contribution in [0.5, 0.6) is 11.5 Å². The number of nitrogens with zero attached hydrogens (tertiary/aromatic N) is 1. The summed E-state index contributed by atoms with van der Waals surface area (Å²) < 4.78 is 11.2. The molecule has 1 heterocycles. The Morgan fingerprint density at radius 2 is 2.04 bits per heavy atom. The number of methoxy groups -OCH3 is 1. The molecular formula is C21H26N2O3. The normalized spacial score (nSPS) is 14.7. The second-order valence-electron chi connectivity index (χ2n) is 6.74. The number of hydrogen-bond acceptors (Lipinski definition) is 4. The first-order chi connectivity index (χ1) is 12.7. The first-order valence-electron chi connectivity index (χ1n) is 9.25. The van der Waals surface area contributed by atoms with E-state index < -0.39 is 0 Å². The molecule has 1 aromatic carbocycles. The van der Waals surface area contributed by atoms with Gasteiger partial charge >= 0.3 is 0 Å². The summed E-state index contributed by atoms with van der Waals surface area (Å²) in [5.74, 6) is 2.33. The van der Waals surface area contributed by atoms with Crippen molar-refractivity contribution < 1.29 is 14.3 Å². The maximum absolute atomic E-state index is 12.4. The Kier molecular flexibility index (Phi) is 6.47. The minimum atomic E-state index is -0.125. The Morgan fingerprint density at radius 3 is 2.85 bits per heavy atom. The lowest BCUT2D eigenvalue weighted by molar-refractivity contribution is -0.115. The van der Waals surface area contributed by atoms with Crippen LogP contribution in [0.25, 0.3) is 0 Å². The zero-order valence-corrected chi connectivity index (χ0v) is 15.2. The number of aromatic nitrogens is 1. The molecule has 1 amide bonds. The van der Waals surface area contributed by atoms with Crippen molar-refractivity contribution in [1.29, 1.82) is 0 Å². The zero-order chi connectivity index (χ0) is 18.2. The molecule has 1 saturated carbocycles. The van der Waals surface area contributed by atoms with Crippen LogP contribution in [0.2, 0.25) is 0 Å². The lowest BCUT2D eigenvalue weighted by Crippen LogP contribution is -2.18. The first kappa shape index (κ1) is 18.2. The third-order valence-electron chi connectivity index (χ3n) is 4.73. The van der Waals surface area contributed by atoms with Crippen molar-refractivity contribution in [3.8, 4) is 11.5 Å². The van der Waals surface area contributed by atoms with Crippen molar-refractivity contribution in [3.63, 3.8) is 0 Å². The van der Waals surface area contributed by atoms with Crippen LogP contribution in [-0.4, -0.2) is 24.6 Å². The van der Waals surface area contributed by atoms with E-state index in [9.17, 15) is 4.79 Å². The third-order valence-corrected chi connectivity index (χ3v) is 4.73. The van der Waals surface area contributed by atoms with E-state index in [0.717, 1.165) is 11.3 Å². The molecule has 0 atom stereocenters. The molecule has 1 aliphatic rings. The fourth-order valence-electron chi connectivity index (χ4n) is 3.31. The van der Waals surface area contributed by atoms with Crippen molar-refractivity contribution >= 4 is 11.7 Å². The number of nitrogens with one attached hydrogen (secondary N) is 1. The molecule has 0 saturated heterocycles. The summed E-state index contributed by atoms with van der Waals surface area (Å²) in [5, 5.41) is 2.87. The van der Waals surface area contributed by atoms with Gasteiger partial charge < -0.3 is 14.8 Å². The van der Waals surface area contributed by atoms with Crippen LogP contribution in [0.3, 0.4) is 0 Å². The summed E-state index contributed by atoms with van der Waals surface area (Å²) in [6, 6.07) is 11.2. The van der Waals surface area contributed by atoms with Gasteiger partial charge in [-0.05, 0) is 48.6 Å². The van der Waals surface area contributed by atoms with Gasteiger partial charge in [0, 0.05) is 6.20 Å². The minimum absolute atomic E-state index is 0.125. The third kappa shape index (κ3) is 5.22. The molecular weight excluding hydrogens is 328 g/mol. The SMILES string of the molecule is COc1cccc(CC(=O)Nc2ncccc2OCC2CCCCC2)c1. The molecule has 5 heteroatoms.